The first-order chi connectivity index (χ1) is 8.45. The topological polar surface area (TPSA) is 24.9 Å². The van der Waals surface area contributed by atoms with Gasteiger partial charge in [0.2, 0.25) is 0 Å². The van der Waals surface area contributed by atoms with Crippen molar-refractivity contribution in [2.75, 3.05) is 5.32 Å². The van der Waals surface area contributed by atoms with Gasteiger partial charge >= 0.3 is 0 Å². The van der Waals surface area contributed by atoms with E-state index in [-0.39, 0.29) is 5.41 Å². The van der Waals surface area contributed by atoms with Crippen LogP contribution in [0.25, 0.3) is 0 Å². The van der Waals surface area contributed by atoms with Gasteiger partial charge in [-0.05, 0) is 46.9 Å². The summed E-state index contributed by atoms with van der Waals surface area (Å²) in [5.74, 6) is 0. The summed E-state index contributed by atoms with van der Waals surface area (Å²) in [6.07, 6.45) is 0. The summed E-state index contributed by atoms with van der Waals surface area (Å²) < 4.78 is 1.25. The number of nitrogens with one attached hydrogen (secondary N) is 1. The first kappa shape index (κ1) is 13.8. The third kappa shape index (κ3) is 3.68. The van der Waals surface area contributed by atoms with E-state index in [1.165, 1.54) is 9.26 Å². The molecule has 1 aromatic carbocycles. The number of anilines is 1. The zero-order valence-corrected chi connectivity index (χ0v) is 13.8. The van der Waals surface area contributed by atoms with Crippen LogP contribution in [0.5, 0.6) is 0 Å². The van der Waals surface area contributed by atoms with Gasteiger partial charge in [-0.3, -0.25) is 0 Å². The zero-order chi connectivity index (χ0) is 13.2. The zero-order valence-electron chi connectivity index (χ0n) is 10.8. The monoisotopic (exact) mass is 372 g/mol. The molecule has 0 aliphatic carbocycles. The van der Waals surface area contributed by atoms with Gasteiger partial charge in [0.15, 0.2) is 0 Å². The van der Waals surface area contributed by atoms with Crippen molar-refractivity contribution in [3.8, 4) is 0 Å². The fourth-order valence-corrected chi connectivity index (χ4v) is 2.80. The Balaban J connectivity index is 1.98. The average Bonchev–Trinajstić information content (AvgIpc) is 2.77. The maximum absolute atomic E-state index is 4.67. The lowest BCUT2D eigenvalue weighted by Crippen LogP contribution is -2.11. The van der Waals surface area contributed by atoms with Crippen molar-refractivity contribution in [2.45, 2.75) is 32.7 Å². The Morgan fingerprint density at radius 3 is 2.44 bits per heavy atom. The number of thiazole rings is 1. The highest BCUT2D eigenvalue weighted by molar-refractivity contribution is 14.1. The highest BCUT2D eigenvalue weighted by Crippen LogP contribution is 2.24. The lowest BCUT2D eigenvalue weighted by molar-refractivity contribution is 0.571. The minimum Gasteiger partial charge on any atom is -0.379 e. The summed E-state index contributed by atoms with van der Waals surface area (Å²) in [5, 5.41) is 6.69. The van der Waals surface area contributed by atoms with E-state index in [4.69, 9.17) is 0 Å². The molecule has 1 heterocycles. The van der Waals surface area contributed by atoms with Crippen molar-refractivity contribution in [3.05, 3.63) is 43.9 Å². The lowest BCUT2D eigenvalue weighted by atomic mass is 9.93. The van der Waals surface area contributed by atoms with Crippen LogP contribution in [-0.4, -0.2) is 4.98 Å². The SMILES string of the molecule is CC(C)(C)c1csc(CNc2ccc(I)cc2)n1. The highest BCUT2D eigenvalue weighted by Gasteiger charge is 2.17. The fraction of sp³-hybridized carbons (Fsp3) is 0.357. The minimum absolute atomic E-state index is 0.137. The van der Waals surface area contributed by atoms with Crippen molar-refractivity contribution >= 4 is 39.6 Å². The molecule has 0 atom stereocenters. The third-order valence-corrected chi connectivity index (χ3v) is 4.18. The second-order valence-corrected chi connectivity index (χ2v) is 7.43. The predicted octanol–water partition coefficient (Wildman–Crippen LogP) is 4.66. The number of nitrogens with zero attached hydrogens (tertiary/aromatic N) is 1. The molecular formula is C14H17IN2S. The standard InChI is InChI=1S/C14H17IN2S/c1-14(2,3)12-9-18-13(17-12)8-16-11-6-4-10(15)5-7-11/h4-7,9,16H,8H2,1-3H3. The van der Waals surface area contributed by atoms with E-state index >= 15 is 0 Å². The molecule has 0 saturated carbocycles. The molecule has 0 bridgehead atoms. The summed E-state index contributed by atoms with van der Waals surface area (Å²) in [7, 11) is 0. The molecule has 96 valence electrons. The fourth-order valence-electron chi connectivity index (χ4n) is 1.48. The van der Waals surface area contributed by atoms with E-state index in [0.29, 0.717) is 0 Å². The van der Waals surface area contributed by atoms with Gasteiger partial charge in [-0.25, -0.2) is 4.98 Å². The van der Waals surface area contributed by atoms with E-state index in [9.17, 15) is 0 Å². The van der Waals surface area contributed by atoms with E-state index in [0.717, 1.165) is 17.2 Å². The maximum Gasteiger partial charge on any atom is 0.112 e. The molecule has 0 radical (unpaired) electrons. The molecule has 0 amide bonds. The molecule has 2 aromatic rings. The molecule has 0 aliphatic rings. The Labute approximate surface area is 126 Å². The Bertz CT molecular complexity index is 511. The predicted molar refractivity (Wildman–Crippen MR) is 87.3 cm³/mol. The van der Waals surface area contributed by atoms with Crippen LogP contribution in [0.3, 0.4) is 0 Å². The normalized spacial score (nSPS) is 11.6. The molecule has 0 spiro atoms. The summed E-state index contributed by atoms with van der Waals surface area (Å²) in [6, 6.07) is 8.40. The summed E-state index contributed by atoms with van der Waals surface area (Å²) in [6.45, 7) is 7.37. The van der Waals surface area contributed by atoms with Crippen molar-refractivity contribution in [2.24, 2.45) is 0 Å². The van der Waals surface area contributed by atoms with Gasteiger partial charge in [0.1, 0.15) is 5.01 Å². The van der Waals surface area contributed by atoms with E-state index in [2.05, 4.69) is 83.3 Å². The Morgan fingerprint density at radius 1 is 1.22 bits per heavy atom. The number of benzene rings is 1. The Morgan fingerprint density at radius 2 is 1.89 bits per heavy atom. The summed E-state index contributed by atoms with van der Waals surface area (Å²) in [5.41, 5.74) is 2.45. The first-order valence-corrected chi connectivity index (χ1v) is 7.85. The molecule has 2 rings (SSSR count). The number of halogens is 1. The van der Waals surface area contributed by atoms with Gasteiger partial charge < -0.3 is 5.32 Å². The van der Waals surface area contributed by atoms with E-state index in [1.807, 2.05) is 0 Å². The number of hydrogen-bond donors (Lipinski definition) is 1. The quantitative estimate of drug-likeness (QED) is 0.793. The molecule has 1 N–H and O–H groups in total. The van der Waals surface area contributed by atoms with Crippen LogP contribution >= 0.6 is 33.9 Å². The average molecular weight is 372 g/mol. The second-order valence-electron chi connectivity index (χ2n) is 5.24. The van der Waals surface area contributed by atoms with Gasteiger partial charge in [-0.1, -0.05) is 20.8 Å². The molecule has 4 heteroatoms. The number of rotatable bonds is 3. The van der Waals surface area contributed by atoms with Gasteiger partial charge in [-0.2, -0.15) is 0 Å². The molecule has 0 unspecified atom stereocenters. The molecule has 2 nitrogen and oxygen atoms in total. The molecule has 0 aliphatic heterocycles. The minimum atomic E-state index is 0.137. The molecule has 0 fully saturated rings. The number of hydrogen-bond acceptors (Lipinski definition) is 3. The smallest absolute Gasteiger partial charge is 0.112 e. The maximum atomic E-state index is 4.67. The third-order valence-electron chi connectivity index (χ3n) is 2.61. The number of aromatic nitrogens is 1. The van der Waals surface area contributed by atoms with Crippen LogP contribution in [0.4, 0.5) is 5.69 Å². The summed E-state index contributed by atoms with van der Waals surface area (Å²) in [4.78, 5) is 4.67. The summed E-state index contributed by atoms with van der Waals surface area (Å²) >= 11 is 4.03. The van der Waals surface area contributed by atoms with E-state index in [1.54, 1.807) is 11.3 Å². The van der Waals surface area contributed by atoms with Crippen LogP contribution in [0.1, 0.15) is 31.5 Å². The second kappa shape index (κ2) is 5.57. The van der Waals surface area contributed by atoms with Crippen molar-refractivity contribution in [3.63, 3.8) is 0 Å². The Kier molecular flexibility index (Phi) is 4.27. The molecule has 1 aromatic heterocycles. The van der Waals surface area contributed by atoms with Crippen LogP contribution < -0.4 is 5.32 Å². The van der Waals surface area contributed by atoms with Gasteiger partial charge in [-0.15, -0.1) is 11.3 Å². The van der Waals surface area contributed by atoms with Crippen LogP contribution in [-0.2, 0) is 12.0 Å². The molecule has 18 heavy (non-hydrogen) atoms. The van der Waals surface area contributed by atoms with Gasteiger partial charge in [0, 0.05) is 20.1 Å². The van der Waals surface area contributed by atoms with Crippen LogP contribution in [0, 0.1) is 3.57 Å². The molecule has 0 saturated heterocycles. The highest BCUT2D eigenvalue weighted by atomic mass is 127. The van der Waals surface area contributed by atoms with Gasteiger partial charge in [0.25, 0.3) is 0 Å². The Hall–Kier alpha value is -0.620. The van der Waals surface area contributed by atoms with Crippen LogP contribution in [0.15, 0.2) is 29.6 Å². The lowest BCUT2D eigenvalue weighted by Gasteiger charge is -2.14. The van der Waals surface area contributed by atoms with Crippen molar-refractivity contribution < 1.29 is 0 Å². The van der Waals surface area contributed by atoms with Gasteiger partial charge in [0.05, 0.1) is 12.2 Å². The van der Waals surface area contributed by atoms with Crippen molar-refractivity contribution in [1.82, 2.24) is 4.98 Å². The van der Waals surface area contributed by atoms with Crippen molar-refractivity contribution in [1.29, 1.82) is 0 Å². The molecular weight excluding hydrogens is 355 g/mol. The van der Waals surface area contributed by atoms with E-state index < -0.39 is 0 Å². The largest absolute Gasteiger partial charge is 0.379 e. The van der Waals surface area contributed by atoms with Crippen LogP contribution in [0.2, 0.25) is 0 Å². The first-order valence-electron chi connectivity index (χ1n) is 5.89.